The summed E-state index contributed by atoms with van der Waals surface area (Å²) in [5.41, 5.74) is 4.57. The lowest BCUT2D eigenvalue weighted by molar-refractivity contribution is -0.195. The van der Waals surface area contributed by atoms with E-state index in [0.717, 1.165) is 5.56 Å². The van der Waals surface area contributed by atoms with E-state index in [1.54, 1.807) is 34.6 Å². The normalized spacial score (nSPS) is 12.7. The van der Waals surface area contributed by atoms with Gasteiger partial charge in [-0.3, -0.25) is 4.79 Å². The van der Waals surface area contributed by atoms with E-state index in [4.69, 9.17) is 24.7 Å². The summed E-state index contributed by atoms with van der Waals surface area (Å²) in [5, 5.41) is 0. The highest BCUT2D eigenvalue weighted by atomic mass is 16.6. The Kier molecular flexibility index (Phi) is 11.4. The first-order valence-electron chi connectivity index (χ1n) is 11.1. The van der Waals surface area contributed by atoms with Gasteiger partial charge in [-0.2, -0.15) is 0 Å². The minimum absolute atomic E-state index is 0.0226. The number of ether oxygens (including phenoxy) is 4. The quantitative estimate of drug-likeness (QED) is 0.211. The van der Waals surface area contributed by atoms with Crippen LogP contribution in [0.25, 0.3) is 0 Å². The Morgan fingerprint density at radius 2 is 1.53 bits per heavy atom. The fourth-order valence-corrected chi connectivity index (χ4v) is 3.11. The number of carbonyl (C=O) groups excluding carboxylic acids is 3. The van der Waals surface area contributed by atoms with E-state index in [2.05, 4.69) is 0 Å². The largest absolute Gasteiger partial charge is 0.463 e. The monoisotopic (exact) mass is 451 g/mol. The molecule has 0 aliphatic rings. The van der Waals surface area contributed by atoms with Gasteiger partial charge in [0.2, 0.25) is 0 Å². The molecule has 1 aromatic rings. The molecular weight excluding hydrogens is 414 g/mol. The van der Waals surface area contributed by atoms with Crippen molar-refractivity contribution in [1.29, 1.82) is 0 Å². The van der Waals surface area contributed by atoms with Gasteiger partial charge in [-0.1, -0.05) is 30.3 Å². The topological polar surface area (TPSA) is 114 Å². The molecule has 1 aromatic carbocycles. The standard InChI is InChI=1S/C24H37NO7/c1-6-29-21(27)24(22(28)30-7-2,19(25)15-16-20(26)32-23(3,4)5)31-17-11-14-18-12-9-8-10-13-18/h8-10,12-13,19H,6-7,11,14-17,25H2,1-5H3. The molecule has 180 valence electrons. The molecule has 0 saturated carbocycles. The Morgan fingerprint density at radius 1 is 0.969 bits per heavy atom. The molecule has 8 nitrogen and oxygen atoms in total. The van der Waals surface area contributed by atoms with Crippen molar-refractivity contribution in [1.82, 2.24) is 0 Å². The zero-order chi connectivity index (χ0) is 24.2. The van der Waals surface area contributed by atoms with Gasteiger partial charge in [-0.25, -0.2) is 9.59 Å². The number of esters is 3. The average Bonchev–Trinajstić information content (AvgIpc) is 2.72. The molecule has 0 spiro atoms. The summed E-state index contributed by atoms with van der Waals surface area (Å²) in [4.78, 5) is 38.0. The number of aryl methyl sites for hydroxylation is 1. The van der Waals surface area contributed by atoms with Crippen molar-refractivity contribution in [3.05, 3.63) is 35.9 Å². The van der Waals surface area contributed by atoms with Crippen molar-refractivity contribution >= 4 is 17.9 Å². The minimum Gasteiger partial charge on any atom is -0.463 e. The Labute approximate surface area is 190 Å². The number of rotatable bonds is 13. The van der Waals surface area contributed by atoms with Gasteiger partial charge in [0.25, 0.3) is 5.60 Å². The highest BCUT2D eigenvalue weighted by molar-refractivity contribution is 6.04. The summed E-state index contributed by atoms with van der Waals surface area (Å²) >= 11 is 0. The zero-order valence-corrected chi connectivity index (χ0v) is 19.8. The maximum atomic E-state index is 12.9. The molecule has 8 heteroatoms. The number of benzene rings is 1. The average molecular weight is 452 g/mol. The van der Waals surface area contributed by atoms with Crippen molar-refractivity contribution in [2.24, 2.45) is 5.73 Å². The Bertz CT molecular complexity index is 710. The molecule has 1 atom stereocenters. The summed E-state index contributed by atoms with van der Waals surface area (Å²) in [7, 11) is 0. The first kappa shape index (κ1) is 27.6. The van der Waals surface area contributed by atoms with Crippen LogP contribution in [0.2, 0.25) is 0 Å². The van der Waals surface area contributed by atoms with Crippen molar-refractivity contribution in [3.8, 4) is 0 Å². The first-order valence-corrected chi connectivity index (χ1v) is 11.1. The molecule has 1 rings (SSSR count). The molecule has 0 aromatic heterocycles. The highest BCUT2D eigenvalue weighted by Gasteiger charge is 2.55. The van der Waals surface area contributed by atoms with Gasteiger partial charge in [0.05, 0.1) is 19.3 Å². The van der Waals surface area contributed by atoms with Gasteiger partial charge in [0.15, 0.2) is 0 Å². The summed E-state index contributed by atoms with van der Waals surface area (Å²) in [6, 6.07) is 8.60. The van der Waals surface area contributed by atoms with Crippen LogP contribution in [0, 0.1) is 0 Å². The lowest BCUT2D eigenvalue weighted by Gasteiger charge is -2.34. The summed E-state index contributed by atoms with van der Waals surface area (Å²) in [6.07, 6.45) is 1.12. The molecule has 0 aliphatic heterocycles. The third kappa shape index (κ3) is 8.59. The second kappa shape index (κ2) is 13.2. The second-order valence-corrected chi connectivity index (χ2v) is 8.35. The van der Waals surface area contributed by atoms with Gasteiger partial charge in [-0.05, 0) is 59.4 Å². The molecule has 2 N–H and O–H groups in total. The minimum atomic E-state index is -2.16. The van der Waals surface area contributed by atoms with Gasteiger partial charge in [-0.15, -0.1) is 0 Å². The molecule has 0 fully saturated rings. The smallest absolute Gasteiger partial charge is 0.352 e. The molecule has 0 bridgehead atoms. The molecule has 0 amide bonds. The first-order chi connectivity index (χ1) is 15.1. The Morgan fingerprint density at radius 3 is 2.03 bits per heavy atom. The molecule has 0 heterocycles. The second-order valence-electron chi connectivity index (χ2n) is 8.35. The third-order valence-electron chi connectivity index (χ3n) is 4.54. The van der Waals surface area contributed by atoms with Gasteiger partial charge in [0.1, 0.15) is 5.60 Å². The molecule has 0 radical (unpaired) electrons. The van der Waals surface area contributed by atoms with Crippen LogP contribution in [-0.2, 0) is 39.8 Å². The van der Waals surface area contributed by atoms with Crippen LogP contribution in [-0.4, -0.2) is 55.0 Å². The van der Waals surface area contributed by atoms with Gasteiger partial charge >= 0.3 is 17.9 Å². The maximum absolute atomic E-state index is 12.9. The van der Waals surface area contributed by atoms with Crippen LogP contribution in [0.5, 0.6) is 0 Å². The summed E-state index contributed by atoms with van der Waals surface area (Å²) in [6.45, 7) is 8.64. The predicted molar refractivity (Wildman–Crippen MR) is 120 cm³/mol. The summed E-state index contributed by atoms with van der Waals surface area (Å²) < 4.78 is 21.4. The number of carbonyl (C=O) groups is 3. The zero-order valence-electron chi connectivity index (χ0n) is 19.8. The lowest BCUT2D eigenvalue weighted by Crippen LogP contribution is -2.62. The van der Waals surface area contributed by atoms with E-state index in [-0.39, 0.29) is 32.7 Å². The number of hydrogen-bond acceptors (Lipinski definition) is 8. The molecular formula is C24H37NO7. The van der Waals surface area contributed by atoms with Crippen LogP contribution in [0.1, 0.15) is 59.4 Å². The van der Waals surface area contributed by atoms with Crippen molar-refractivity contribution < 1.29 is 33.3 Å². The van der Waals surface area contributed by atoms with E-state index in [0.29, 0.717) is 12.8 Å². The van der Waals surface area contributed by atoms with E-state index in [1.807, 2.05) is 30.3 Å². The van der Waals surface area contributed by atoms with Crippen LogP contribution in [0.4, 0.5) is 0 Å². The van der Waals surface area contributed by atoms with Crippen molar-refractivity contribution in [3.63, 3.8) is 0 Å². The fourth-order valence-electron chi connectivity index (χ4n) is 3.11. The Hall–Kier alpha value is -2.45. The van der Waals surface area contributed by atoms with Crippen LogP contribution in [0.15, 0.2) is 30.3 Å². The highest BCUT2D eigenvalue weighted by Crippen LogP contribution is 2.25. The van der Waals surface area contributed by atoms with Gasteiger partial charge < -0.3 is 24.7 Å². The third-order valence-corrected chi connectivity index (χ3v) is 4.54. The van der Waals surface area contributed by atoms with E-state index >= 15 is 0 Å². The predicted octanol–water partition coefficient (Wildman–Crippen LogP) is 2.95. The van der Waals surface area contributed by atoms with Crippen LogP contribution >= 0.6 is 0 Å². The van der Waals surface area contributed by atoms with Crippen molar-refractivity contribution in [2.45, 2.75) is 77.5 Å². The molecule has 32 heavy (non-hydrogen) atoms. The van der Waals surface area contributed by atoms with Crippen molar-refractivity contribution in [2.75, 3.05) is 19.8 Å². The molecule has 0 aliphatic carbocycles. The SMILES string of the molecule is CCOC(=O)C(OCCCc1ccccc1)(C(=O)OCC)C(N)CCC(=O)OC(C)(C)C. The Balaban J connectivity index is 3.00. The lowest BCUT2D eigenvalue weighted by atomic mass is 9.90. The van der Waals surface area contributed by atoms with Crippen LogP contribution in [0.3, 0.4) is 0 Å². The fraction of sp³-hybridized carbons (Fsp3) is 0.625. The molecule has 1 unspecified atom stereocenters. The maximum Gasteiger partial charge on any atom is 0.352 e. The molecule has 0 saturated heterocycles. The van der Waals surface area contributed by atoms with E-state index in [9.17, 15) is 14.4 Å². The number of hydrogen-bond donors (Lipinski definition) is 1. The van der Waals surface area contributed by atoms with Gasteiger partial charge in [0, 0.05) is 13.0 Å². The van der Waals surface area contributed by atoms with Crippen LogP contribution < -0.4 is 5.73 Å². The number of nitrogens with two attached hydrogens (primary N) is 1. The van der Waals surface area contributed by atoms with E-state index in [1.165, 1.54) is 0 Å². The summed E-state index contributed by atoms with van der Waals surface area (Å²) in [5.74, 6) is -2.33. The van der Waals surface area contributed by atoms with E-state index < -0.39 is 35.2 Å².